The number of carbonyl (C=O) groups is 1. The fourth-order valence-electron chi connectivity index (χ4n) is 1.47. The number of amides is 1. The van der Waals surface area contributed by atoms with Crippen LogP contribution in [0.15, 0.2) is 18.2 Å². The van der Waals surface area contributed by atoms with Gasteiger partial charge >= 0.3 is 0 Å². The lowest BCUT2D eigenvalue weighted by Gasteiger charge is -2.14. The summed E-state index contributed by atoms with van der Waals surface area (Å²) in [5, 5.41) is 15.6. The molecular formula is C13H20N2O2. The molecule has 0 aliphatic heterocycles. The Morgan fingerprint density at radius 3 is 2.82 bits per heavy atom. The Bertz CT molecular complexity index is 391. The second-order valence-electron chi connectivity index (χ2n) is 4.17. The van der Waals surface area contributed by atoms with E-state index in [4.69, 9.17) is 0 Å². The maximum atomic E-state index is 11.8. The van der Waals surface area contributed by atoms with E-state index in [0.29, 0.717) is 12.2 Å². The largest absolute Gasteiger partial charge is 0.505 e. The number of phenolic OH excluding ortho intramolecular Hbond substituents is 1. The van der Waals surface area contributed by atoms with Crippen LogP contribution in [0, 0.1) is 12.8 Å². The zero-order valence-corrected chi connectivity index (χ0v) is 10.6. The van der Waals surface area contributed by atoms with Gasteiger partial charge in [-0.3, -0.25) is 4.79 Å². The highest BCUT2D eigenvalue weighted by molar-refractivity contribution is 5.94. The third-order valence-electron chi connectivity index (χ3n) is 2.64. The average Bonchev–Trinajstić information content (AvgIpc) is 2.31. The summed E-state index contributed by atoms with van der Waals surface area (Å²) in [5.74, 6) is -0.0850. The van der Waals surface area contributed by atoms with Crippen molar-refractivity contribution in [2.75, 3.05) is 18.4 Å². The van der Waals surface area contributed by atoms with Crippen LogP contribution in [0.1, 0.15) is 19.4 Å². The van der Waals surface area contributed by atoms with Crippen molar-refractivity contribution in [3.63, 3.8) is 0 Å². The molecular weight excluding hydrogens is 216 g/mol. The molecule has 1 rings (SSSR count). The van der Waals surface area contributed by atoms with Crippen LogP contribution >= 0.6 is 0 Å². The van der Waals surface area contributed by atoms with Crippen molar-refractivity contribution >= 4 is 11.6 Å². The lowest BCUT2D eigenvalue weighted by Crippen LogP contribution is -2.30. The second kappa shape index (κ2) is 6.25. The monoisotopic (exact) mass is 236 g/mol. The molecule has 17 heavy (non-hydrogen) atoms. The highest BCUT2D eigenvalue weighted by atomic mass is 16.3. The van der Waals surface area contributed by atoms with Gasteiger partial charge in [0.05, 0.1) is 5.69 Å². The highest BCUT2D eigenvalue weighted by Gasteiger charge is 2.14. The number of para-hydroxylation sites is 1. The first-order valence-electron chi connectivity index (χ1n) is 5.86. The molecule has 0 heterocycles. The lowest BCUT2D eigenvalue weighted by molar-refractivity contribution is -0.119. The molecule has 0 aliphatic carbocycles. The van der Waals surface area contributed by atoms with Crippen molar-refractivity contribution in [1.29, 1.82) is 0 Å². The number of benzene rings is 1. The van der Waals surface area contributed by atoms with Crippen LogP contribution in [0.3, 0.4) is 0 Å². The topological polar surface area (TPSA) is 61.4 Å². The molecule has 0 aromatic heterocycles. The van der Waals surface area contributed by atoms with Gasteiger partial charge in [0.2, 0.25) is 5.91 Å². The number of rotatable bonds is 5. The van der Waals surface area contributed by atoms with Crippen LogP contribution in [0.2, 0.25) is 0 Å². The quantitative estimate of drug-likeness (QED) is 0.684. The summed E-state index contributed by atoms with van der Waals surface area (Å²) in [7, 11) is 0. The van der Waals surface area contributed by atoms with Crippen molar-refractivity contribution in [2.45, 2.75) is 20.8 Å². The summed E-state index contributed by atoms with van der Waals surface area (Å²) < 4.78 is 0. The Hall–Kier alpha value is -1.55. The molecule has 0 fully saturated rings. The summed E-state index contributed by atoms with van der Waals surface area (Å²) >= 11 is 0. The molecule has 0 bridgehead atoms. The predicted octanol–water partition coefficient (Wildman–Crippen LogP) is 1.88. The van der Waals surface area contributed by atoms with Crippen molar-refractivity contribution in [1.82, 2.24) is 5.32 Å². The van der Waals surface area contributed by atoms with Crippen LogP contribution in [-0.4, -0.2) is 24.1 Å². The van der Waals surface area contributed by atoms with E-state index in [0.717, 1.165) is 12.1 Å². The first-order chi connectivity index (χ1) is 8.06. The molecule has 94 valence electrons. The number of hydrogen-bond donors (Lipinski definition) is 3. The summed E-state index contributed by atoms with van der Waals surface area (Å²) in [4.78, 5) is 11.8. The van der Waals surface area contributed by atoms with Crippen molar-refractivity contribution < 1.29 is 9.90 Å². The average molecular weight is 236 g/mol. The van der Waals surface area contributed by atoms with Gasteiger partial charge in [0.1, 0.15) is 5.75 Å². The number of aryl methyl sites for hydroxylation is 1. The number of phenols is 1. The van der Waals surface area contributed by atoms with E-state index >= 15 is 0 Å². The highest BCUT2D eigenvalue weighted by Crippen LogP contribution is 2.26. The van der Waals surface area contributed by atoms with Gasteiger partial charge in [-0.2, -0.15) is 0 Å². The molecule has 1 atom stereocenters. The minimum atomic E-state index is -0.130. The second-order valence-corrected chi connectivity index (χ2v) is 4.17. The van der Waals surface area contributed by atoms with Gasteiger partial charge < -0.3 is 15.7 Å². The molecule has 0 saturated carbocycles. The Labute approximate surface area is 102 Å². The van der Waals surface area contributed by atoms with Gasteiger partial charge in [0.15, 0.2) is 0 Å². The van der Waals surface area contributed by atoms with Crippen molar-refractivity contribution in [2.24, 2.45) is 5.92 Å². The van der Waals surface area contributed by atoms with E-state index in [2.05, 4.69) is 10.6 Å². The molecule has 1 unspecified atom stereocenters. The third-order valence-corrected chi connectivity index (χ3v) is 2.64. The summed E-state index contributed by atoms with van der Waals surface area (Å²) in [5.41, 5.74) is 1.22. The molecule has 0 spiro atoms. The molecule has 4 nitrogen and oxygen atoms in total. The van der Waals surface area contributed by atoms with Crippen molar-refractivity contribution in [3.05, 3.63) is 23.8 Å². The Balaban J connectivity index is 2.64. The molecule has 4 heteroatoms. The van der Waals surface area contributed by atoms with Gasteiger partial charge in [0, 0.05) is 12.5 Å². The smallest absolute Gasteiger partial charge is 0.228 e. The molecule has 0 aliphatic rings. The number of nitrogens with one attached hydrogen (secondary N) is 2. The molecule has 1 amide bonds. The Morgan fingerprint density at radius 2 is 2.18 bits per heavy atom. The maximum absolute atomic E-state index is 11.8. The van der Waals surface area contributed by atoms with Gasteiger partial charge in [-0.1, -0.05) is 26.0 Å². The summed E-state index contributed by atoms with van der Waals surface area (Å²) in [6, 6.07) is 5.30. The van der Waals surface area contributed by atoms with Crippen LogP contribution < -0.4 is 10.6 Å². The number of carbonyl (C=O) groups excluding carboxylic acids is 1. The molecule has 0 saturated heterocycles. The van der Waals surface area contributed by atoms with E-state index in [-0.39, 0.29) is 17.6 Å². The molecule has 1 aromatic carbocycles. The van der Waals surface area contributed by atoms with Gasteiger partial charge in [-0.05, 0) is 25.1 Å². The minimum Gasteiger partial charge on any atom is -0.505 e. The SMILES string of the molecule is CCNCC(C)C(=O)Nc1cccc(C)c1O. The standard InChI is InChI=1S/C13H20N2O2/c1-4-14-8-10(3)13(17)15-11-7-5-6-9(2)12(11)16/h5-7,10,14,16H,4,8H2,1-3H3,(H,15,17). The van der Waals surface area contributed by atoms with E-state index in [1.54, 1.807) is 25.1 Å². The van der Waals surface area contributed by atoms with Crippen LogP contribution in [0.25, 0.3) is 0 Å². The Morgan fingerprint density at radius 1 is 1.47 bits per heavy atom. The van der Waals surface area contributed by atoms with Crippen LogP contribution in [0.5, 0.6) is 5.75 Å². The van der Waals surface area contributed by atoms with E-state index in [1.165, 1.54) is 0 Å². The van der Waals surface area contributed by atoms with Crippen LogP contribution in [0.4, 0.5) is 5.69 Å². The van der Waals surface area contributed by atoms with Gasteiger partial charge in [-0.25, -0.2) is 0 Å². The fraction of sp³-hybridized carbons (Fsp3) is 0.462. The molecule has 3 N–H and O–H groups in total. The molecule has 1 aromatic rings. The summed E-state index contributed by atoms with van der Waals surface area (Å²) in [6.07, 6.45) is 0. The third kappa shape index (κ3) is 3.75. The van der Waals surface area contributed by atoms with E-state index in [1.807, 2.05) is 13.8 Å². The molecule has 0 radical (unpaired) electrons. The lowest BCUT2D eigenvalue weighted by atomic mass is 10.1. The predicted molar refractivity (Wildman–Crippen MR) is 69.2 cm³/mol. The van der Waals surface area contributed by atoms with Gasteiger partial charge in [-0.15, -0.1) is 0 Å². The number of aromatic hydroxyl groups is 1. The van der Waals surface area contributed by atoms with Crippen LogP contribution in [-0.2, 0) is 4.79 Å². The minimum absolute atomic E-state index is 0.0909. The summed E-state index contributed by atoms with van der Waals surface area (Å²) in [6.45, 7) is 7.12. The van der Waals surface area contributed by atoms with E-state index in [9.17, 15) is 9.90 Å². The zero-order valence-electron chi connectivity index (χ0n) is 10.6. The maximum Gasteiger partial charge on any atom is 0.228 e. The van der Waals surface area contributed by atoms with Crippen molar-refractivity contribution in [3.8, 4) is 5.75 Å². The fourth-order valence-corrected chi connectivity index (χ4v) is 1.47. The number of hydrogen-bond acceptors (Lipinski definition) is 3. The first kappa shape index (κ1) is 13.5. The Kier molecular flexibility index (Phi) is 4.97. The first-order valence-corrected chi connectivity index (χ1v) is 5.86. The van der Waals surface area contributed by atoms with Gasteiger partial charge in [0.25, 0.3) is 0 Å². The van der Waals surface area contributed by atoms with E-state index < -0.39 is 0 Å². The number of anilines is 1. The zero-order chi connectivity index (χ0) is 12.8. The normalized spacial score (nSPS) is 12.2.